The molecule has 12 heteroatoms. The molecule has 0 spiro atoms. The van der Waals surface area contributed by atoms with Crippen molar-refractivity contribution in [1.29, 1.82) is 0 Å². The number of esters is 1. The number of carbonyl (C=O) groups is 2. The van der Waals surface area contributed by atoms with E-state index in [1.165, 1.54) is 20.4 Å². The predicted octanol–water partition coefficient (Wildman–Crippen LogP) is 3.50. The number of benzene rings is 2. The highest BCUT2D eigenvalue weighted by atomic mass is 19.1. The zero-order valence-electron chi connectivity index (χ0n) is 19.8. The largest absolute Gasteiger partial charge is 0.487 e. The number of methoxy groups -OCH3 is 2. The Bertz CT molecular complexity index is 1220. The normalized spacial score (nSPS) is 10.8. The van der Waals surface area contributed by atoms with Crippen LogP contribution in [0.2, 0.25) is 0 Å². The van der Waals surface area contributed by atoms with Gasteiger partial charge in [0.15, 0.2) is 11.5 Å². The fourth-order valence-corrected chi connectivity index (χ4v) is 3.05. The number of hydrogen-bond acceptors (Lipinski definition) is 10. The Hall–Kier alpha value is -3.90. The summed E-state index contributed by atoms with van der Waals surface area (Å²) in [6.07, 6.45) is 1.20. The quantitative estimate of drug-likeness (QED) is 0.148. The maximum absolute atomic E-state index is 14.6. The van der Waals surface area contributed by atoms with Crippen LogP contribution in [0.4, 0.5) is 8.78 Å². The standard InChI is InChI=1S/C24H24F2N2O8/c1-4-33-24(30)22(29)21-16(25)9-14(10-17(21)26)36-23-15-11-19(34-7-5-31-2)20(35-8-6-32-3)12-18(15)27-13-28-23/h9-13H,4-8H2,1-3H3. The SMILES string of the molecule is CCOC(=O)C(=O)c1c(F)cc(Oc2ncnc3cc(OCCOC)c(OCCOC)cc23)cc1F. The number of hydrogen-bond donors (Lipinski definition) is 0. The molecule has 0 radical (unpaired) electrons. The van der Waals surface area contributed by atoms with Crippen LogP contribution in [0.15, 0.2) is 30.6 Å². The molecular weight excluding hydrogens is 482 g/mol. The summed E-state index contributed by atoms with van der Waals surface area (Å²) >= 11 is 0. The minimum atomic E-state index is -1.44. The van der Waals surface area contributed by atoms with Gasteiger partial charge in [-0.15, -0.1) is 0 Å². The Labute approximate surface area is 205 Å². The molecule has 0 aliphatic rings. The van der Waals surface area contributed by atoms with Gasteiger partial charge < -0.3 is 28.4 Å². The molecule has 0 aliphatic carbocycles. The van der Waals surface area contributed by atoms with Gasteiger partial charge in [0.2, 0.25) is 5.88 Å². The number of Topliss-reactive ketones (excluding diaryl/α,β-unsaturated/α-hetero) is 1. The van der Waals surface area contributed by atoms with Crippen LogP contribution in [0.3, 0.4) is 0 Å². The summed E-state index contributed by atoms with van der Waals surface area (Å²) in [6, 6.07) is 4.70. The number of nitrogens with zero attached hydrogens (tertiary/aromatic N) is 2. The van der Waals surface area contributed by atoms with Gasteiger partial charge >= 0.3 is 5.97 Å². The number of ether oxygens (including phenoxy) is 6. The van der Waals surface area contributed by atoms with Crippen LogP contribution in [0.25, 0.3) is 10.9 Å². The number of carbonyl (C=O) groups excluding carboxylic acids is 2. The highest BCUT2D eigenvalue weighted by molar-refractivity contribution is 6.40. The lowest BCUT2D eigenvalue weighted by atomic mass is 10.1. The summed E-state index contributed by atoms with van der Waals surface area (Å²) in [7, 11) is 3.07. The second-order valence-corrected chi connectivity index (χ2v) is 7.09. The molecule has 0 N–H and O–H groups in total. The monoisotopic (exact) mass is 506 g/mol. The van der Waals surface area contributed by atoms with E-state index in [9.17, 15) is 18.4 Å². The molecule has 0 bridgehead atoms. The number of fused-ring (bicyclic) bond motifs is 1. The summed E-state index contributed by atoms with van der Waals surface area (Å²) in [5.41, 5.74) is -0.637. The smallest absolute Gasteiger partial charge is 0.379 e. The number of aromatic nitrogens is 2. The van der Waals surface area contributed by atoms with Crippen molar-refractivity contribution in [2.24, 2.45) is 0 Å². The molecule has 0 saturated heterocycles. The third-order valence-corrected chi connectivity index (χ3v) is 4.67. The van der Waals surface area contributed by atoms with E-state index in [0.29, 0.717) is 35.6 Å². The number of ketones is 1. The van der Waals surface area contributed by atoms with Crippen LogP contribution in [-0.2, 0) is 19.0 Å². The van der Waals surface area contributed by atoms with Gasteiger partial charge in [0.25, 0.3) is 5.78 Å². The first-order valence-electron chi connectivity index (χ1n) is 10.8. The molecule has 0 fully saturated rings. The van der Waals surface area contributed by atoms with Gasteiger partial charge in [-0.05, 0) is 13.0 Å². The Morgan fingerprint density at radius 2 is 1.47 bits per heavy atom. The predicted molar refractivity (Wildman–Crippen MR) is 122 cm³/mol. The van der Waals surface area contributed by atoms with Crippen molar-refractivity contribution in [1.82, 2.24) is 9.97 Å². The van der Waals surface area contributed by atoms with Crippen molar-refractivity contribution in [2.45, 2.75) is 6.92 Å². The van der Waals surface area contributed by atoms with Crippen LogP contribution >= 0.6 is 0 Å². The second-order valence-electron chi connectivity index (χ2n) is 7.09. The zero-order chi connectivity index (χ0) is 26.1. The fraction of sp³-hybridized carbons (Fsp3) is 0.333. The summed E-state index contributed by atoms with van der Waals surface area (Å²) < 4.78 is 60.8. The summed E-state index contributed by atoms with van der Waals surface area (Å²) in [5.74, 6) is -5.00. The fourth-order valence-electron chi connectivity index (χ4n) is 3.05. The lowest BCUT2D eigenvalue weighted by Crippen LogP contribution is -2.20. The van der Waals surface area contributed by atoms with Crippen molar-refractivity contribution in [3.63, 3.8) is 0 Å². The molecule has 0 atom stereocenters. The van der Waals surface area contributed by atoms with Crippen LogP contribution in [-0.4, -0.2) is 69.0 Å². The Morgan fingerprint density at radius 1 is 0.861 bits per heavy atom. The second kappa shape index (κ2) is 12.7. The molecular formula is C24H24F2N2O8. The lowest BCUT2D eigenvalue weighted by Gasteiger charge is -2.15. The van der Waals surface area contributed by atoms with Gasteiger partial charge in [0.1, 0.15) is 42.5 Å². The molecule has 2 aromatic carbocycles. The molecule has 10 nitrogen and oxygen atoms in total. The van der Waals surface area contributed by atoms with Crippen LogP contribution in [0.5, 0.6) is 23.1 Å². The van der Waals surface area contributed by atoms with E-state index in [-0.39, 0.29) is 31.5 Å². The molecule has 1 heterocycles. The summed E-state index contributed by atoms with van der Waals surface area (Å²) in [5, 5.41) is 0.358. The molecule has 3 rings (SSSR count). The topological polar surface area (TPSA) is 115 Å². The molecule has 0 amide bonds. The average molecular weight is 506 g/mol. The van der Waals surface area contributed by atoms with Gasteiger partial charge in [-0.25, -0.2) is 23.5 Å². The van der Waals surface area contributed by atoms with E-state index in [1.54, 1.807) is 19.2 Å². The van der Waals surface area contributed by atoms with E-state index in [2.05, 4.69) is 14.7 Å². The highest BCUT2D eigenvalue weighted by Crippen LogP contribution is 2.36. The van der Waals surface area contributed by atoms with Gasteiger partial charge in [0, 0.05) is 32.4 Å². The number of rotatable bonds is 13. The van der Waals surface area contributed by atoms with Gasteiger partial charge in [-0.1, -0.05) is 0 Å². The highest BCUT2D eigenvalue weighted by Gasteiger charge is 2.26. The molecule has 192 valence electrons. The van der Waals surface area contributed by atoms with Gasteiger partial charge in [0.05, 0.1) is 30.7 Å². The molecule has 3 aromatic rings. The maximum Gasteiger partial charge on any atom is 0.379 e. The van der Waals surface area contributed by atoms with E-state index < -0.39 is 29.0 Å². The van der Waals surface area contributed by atoms with Crippen LogP contribution in [0, 0.1) is 11.6 Å². The van der Waals surface area contributed by atoms with Gasteiger partial charge in [-0.3, -0.25) is 4.79 Å². The number of halogens is 2. The first-order valence-corrected chi connectivity index (χ1v) is 10.8. The van der Waals surface area contributed by atoms with Crippen molar-refractivity contribution in [3.8, 4) is 23.1 Å². The maximum atomic E-state index is 14.6. The Morgan fingerprint density at radius 3 is 2.06 bits per heavy atom. The van der Waals surface area contributed by atoms with Crippen LogP contribution < -0.4 is 14.2 Å². The molecule has 0 aliphatic heterocycles. The van der Waals surface area contributed by atoms with Crippen LogP contribution in [0.1, 0.15) is 17.3 Å². The molecule has 1 aromatic heterocycles. The third-order valence-electron chi connectivity index (χ3n) is 4.67. The summed E-state index contributed by atoms with van der Waals surface area (Å²) in [6.45, 7) is 2.49. The lowest BCUT2D eigenvalue weighted by molar-refractivity contribution is -0.137. The molecule has 36 heavy (non-hydrogen) atoms. The van der Waals surface area contributed by atoms with Crippen molar-refractivity contribution in [2.75, 3.05) is 47.3 Å². The minimum Gasteiger partial charge on any atom is -0.487 e. The first kappa shape index (κ1) is 26.7. The van der Waals surface area contributed by atoms with Gasteiger partial charge in [-0.2, -0.15) is 0 Å². The average Bonchev–Trinajstić information content (AvgIpc) is 2.84. The van der Waals surface area contributed by atoms with E-state index in [0.717, 1.165) is 12.1 Å². The Balaban J connectivity index is 1.95. The third kappa shape index (κ3) is 6.40. The minimum absolute atomic E-state index is 0.0386. The van der Waals surface area contributed by atoms with Crippen molar-refractivity contribution < 1.29 is 46.8 Å². The van der Waals surface area contributed by atoms with Crippen molar-refractivity contribution >= 4 is 22.7 Å². The summed E-state index contributed by atoms with van der Waals surface area (Å²) in [4.78, 5) is 31.9. The van der Waals surface area contributed by atoms with E-state index >= 15 is 0 Å². The zero-order valence-corrected chi connectivity index (χ0v) is 19.8. The van der Waals surface area contributed by atoms with E-state index in [4.69, 9.17) is 23.7 Å². The Kier molecular flexibility index (Phi) is 9.42. The first-order chi connectivity index (χ1) is 17.4. The molecule has 0 saturated carbocycles. The molecule has 0 unspecified atom stereocenters. The van der Waals surface area contributed by atoms with Crippen molar-refractivity contribution in [3.05, 3.63) is 47.8 Å². The van der Waals surface area contributed by atoms with E-state index in [1.807, 2.05) is 0 Å².